The first kappa shape index (κ1) is 21.4. The fourth-order valence-electron chi connectivity index (χ4n) is 2.06. The van der Waals surface area contributed by atoms with E-state index in [0.29, 0.717) is 6.42 Å². The lowest BCUT2D eigenvalue weighted by Crippen LogP contribution is -2.44. The van der Waals surface area contributed by atoms with Crippen LogP contribution >= 0.6 is 11.6 Å². The van der Waals surface area contributed by atoms with Crippen molar-refractivity contribution in [2.24, 2.45) is 5.92 Å². The summed E-state index contributed by atoms with van der Waals surface area (Å²) < 4.78 is 9.43. The Kier molecular flexibility index (Phi) is 7.98. The number of carbonyl (C=O) groups excluding carboxylic acids is 3. The first-order chi connectivity index (χ1) is 12.1. The van der Waals surface area contributed by atoms with Crippen molar-refractivity contribution in [1.82, 2.24) is 5.32 Å². The van der Waals surface area contributed by atoms with Gasteiger partial charge in [-0.1, -0.05) is 25.4 Å². The van der Waals surface area contributed by atoms with Gasteiger partial charge in [0.25, 0.3) is 11.6 Å². The second kappa shape index (κ2) is 9.71. The van der Waals surface area contributed by atoms with Crippen molar-refractivity contribution >= 4 is 35.1 Å². The molecule has 1 rings (SSSR count). The SMILES string of the molecule is COC(=O)C(CC(C)C)NC(=O)COC(=O)c1ccc(Cl)c([N+](=O)[O-])c1. The average molecular weight is 387 g/mol. The Labute approximate surface area is 154 Å². The molecule has 0 aliphatic rings. The van der Waals surface area contributed by atoms with Crippen LogP contribution in [0.15, 0.2) is 18.2 Å². The summed E-state index contributed by atoms with van der Waals surface area (Å²) in [5.41, 5.74) is -0.575. The van der Waals surface area contributed by atoms with E-state index in [2.05, 4.69) is 10.1 Å². The molecule has 0 aliphatic carbocycles. The Balaban J connectivity index is 2.68. The van der Waals surface area contributed by atoms with Crippen LogP contribution in [0.3, 0.4) is 0 Å². The van der Waals surface area contributed by atoms with Gasteiger partial charge in [0.2, 0.25) is 0 Å². The van der Waals surface area contributed by atoms with Crippen LogP contribution < -0.4 is 5.32 Å². The monoisotopic (exact) mass is 386 g/mol. The quantitative estimate of drug-likeness (QED) is 0.412. The number of methoxy groups -OCH3 is 1. The van der Waals surface area contributed by atoms with E-state index in [1.54, 1.807) is 0 Å². The molecule has 0 aromatic heterocycles. The molecule has 1 aromatic carbocycles. The molecule has 1 atom stereocenters. The van der Waals surface area contributed by atoms with E-state index in [4.69, 9.17) is 16.3 Å². The van der Waals surface area contributed by atoms with Crippen molar-refractivity contribution in [2.45, 2.75) is 26.3 Å². The summed E-state index contributed by atoms with van der Waals surface area (Å²) in [7, 11) is 1.20. The number of amides is 1. The molecule has 0 saturated heterocycles. The van der Waals surface area contributed by atoms with Crippen LogP contribution in [0.5, 0.6) is 0 Å². The summed E-state index contributed by atoms with van der Waals surface area (Å²) in [5.74, 6) is -2.11. The number of hydrogen-bond donors (Lipinski definition) is 1. The second-order valence-corrected chi connectivity index (χ2v) is 6.18. The molecule has 0 heterocycles. The highest BCUT2D eigenvalue weighted by molar-refractivity contribution is 6.32. The van der Waals surface area contributed by atoms with Crippen LogP contribution in [-0.2, 0) is 19.1 Å². The molecule has 10 heteroatoms. The number of esters is 2. The lowest BCUT2D eigenvalue weighted by atomic mass is 10.0. The normalized spacial score (nSPS) is 11.6. The number of benzene rings is 1. The van der Waals surface area contributed by atoms with Gasteiger partial charge in [0.1, 0.15) is 11.1 Å². The van der Waals surface area contributed by atoms with Gasteiger partial charge in [0, 0.05) is 6.07 Å². The van der Waals surface area contributed by atoms with Crippen molar-refractivity contribution < 1.29 is 28.8 Å². The summed E-state index contributed by atoms with van der Waals surface area (Å²) in [4.78, 5) is 45.6. The Bertz CT molecular complexity index is 706. The molecule has 0 spiro atoms. The summed E-state index contributed by atoms with van der Waals surface area (Å²) in [5, 5.41) is 13.1. The first-order valence-electron chi connectivity index (χ1n) is 7.64. The number of rotatable bonds is 8. The summed E-state index contributed by atoms with van der Waals surface area (Å²) >= 11 is 5.66. The van der Waals surface area contributed by atoms with Gasteiger partial charge >= 0.3 is 11.9 Å². The van der Waals surface area contributed by atoms with E-state index >= 15 is 0 Å². The zero-order valence-electron chi connectivity index (χ0n) is 14.5. The Morgan fingerprint density at radius 2 is 1.96 bits per heavy atom. The van der Waals surface area contributed by atoms with Crippen LogP contribution in [0, 0.1) is 16.0 Å². The fraction of sp³-hybridized carbons (Fsp3) is 0.438. The molecule has 0 radical (unpaired) electrons. The van der Waals surface area contributed by atoms with Crippen LogP contribution in [0.2, 0.25) is 5.02 Å². The predicted molar refractivity (Wildman–Crippen MR) is 91.8 cm³/mol. The van der Waals surface area contributed by atoms with Crippen molar-refractivity contribution in [3.05, 3.63) is 38.9 Å². The lowest BCUT2D eigenvalue weighted by molar-refractivity contribution is -0.384. The van der Waals surface area contributed by atoms with Gasteiger partial charge in [0.15, 0.2) is 6.61 Å². The van der Waals surface area contributed by atoms with Crippen LogP contribution in [-0.4, -0.2) is 42.5 Å². The van der Waals surface area contributed by atoms with Crippen molar-refractivity contribution in [1.29, 1.82) is 0 Å². The highest BCUT2D eigenvalue weighted by Gasteiger charge is 2.23. The van der Waals surface area contributed by atoms with Crippen LogP contribution in [0.4, 0.5) is 5.69 Å². The fourth-order valence-corrected chi connectivity index (χ4v) is 2.24. The molecule has 1 amide bonds. The Morgan fingerprint density at radius 3 is 2.50 bits per heavy atom. The Morgan fingerprint density at radius 1 is 1.31 bits per heavy atom. The number of hydrogen-bond acceptors (Lipinski definition) is 7. The van der Waals surface area contributed by atoms with Gasteiger partial charge in [-0.05, 0) is 24.5 Å². The molecule has 142 valence electrons. The minimum absolute atomic E-state index is 0.122. The van der Waals surface area contributed by atoms with Gasteiger partial charge < -0.3 is 14.8 Å². The van der Waals surface area contributed by atoms with E-state index in [1.807, 2.05) is 13.8 Å². The molecule has 1 unspecified atom stereocenters. The Hall–Kier alpha value is -2.68. The highest BCUT2D eigenvalue weighted by Crippen LogP contribution is 2.25. The third-order valence-corrected chi connectivity index (χ3v) is 3.56. The first-order valence-corrected chi connectivity index (χ1v) is 8.01. The van der Waals surface area contributed by atoms with E-state index in [9.17, 15) is 24.5 Å². The highest BCUT2D eigenvalue weighted by atomic mass is 35.5. The van der Waals surface area contributed by atoms with Gasteiger partial charge in [0.05, 0.1) is 17.6 Å². The molecule has 0 aliphatic heterocycles. The lowest BCUT2D eigenvalue weighted by Gasteiger charge is -2.18. The molecule has 1 N–H and O–H groups in total. The largest absolute Gasteiger partial charge is 0.467 e. The second-order valence-electron chi connectivity index (χ2n) is 5.77. The number of nitro groups is 1. The molecule has 1 aromatic rings. The van der Waals surface area contributed by atoms with Gasteiger partial charge in [-0.25, -0.2) is 9.59 Å². The van der Waals surface area contributed by atoms with E-state index in [0.717, 1.165) is 6.07 Å². The van der Waals surface area contributed by atoms with E-state index in [1.165, 1.54) is 19.2 Å². The third-order valence-electron chi connectivity index (χ3n) is 3.24. The van der Waals surface area contributed by atoms with E-state index in [-0.39, 0.29) is 16.5 Å². The van der Waals surface area contributed by atoms with Gasteiger partial charge in [-0.2, -0.15) is 0 Å². The number of nitrogens with zero attached hydrogens (tertiary/aromatic N) is 1. The predicted octanol–water partition coefficient (Wildman–Crippen LogP) is 2.11. The summed E-state index contributed by atoms with van der Waals surface area (Å²) in [6, 6.07) is 2.53. The standard InChI is InChI=1S/C16H19ClN2O7/c1-9(2)6-12(16(22)25-3)18-14(20)8-26-15(21)10-4-5-11(17)13(7-10)19(23)24/h4-5,7,9,12H,6,8H2,1-3H3,(H,18,20). The number of nitro benzene ring substituents is 1. The van der Waals surface area contributed by atoms with Gasteiger partial charge in [-0.3, -0.25) is 14.9 Å². The third kappa shape index (κ3) is 6.32. The number of nitrogens with one attached hydrogen (secondary N) is 1. The van der Waals surface area contributed by atoms with Crippen LogP contribution in [0.1, 0.15) is 30.6 Å². The smallest absolute Gasteiger partial charge is 0.338 e. The van der Waals surface area contributed by atoms with Crippen molar-refractivity contribution in [3.63, 3.8) is 0 Å². The molecule has 26 heavy (non-hydrogen) atoms. The zero-order chi connectivity index (χ0) is 19.9. The maximum Gasteiger partial charge on any atom is 0.338 e. The topological polar surface area (TPSA) is 125 Å². The summed E-state index contributed by atoms with van der Waals surface area (Å²) in [6.45, 7) is 3.09. The molecule has 0 bridgehead atoms. The minimum atomic E-state index is -0.932. The zero-order valence-corrected chi connectivity index (χ0v) is 15.2. The molecular formula is C16H19ClN2O7. The number of carbonyl (C=O) groups is 3. The van der Waals surface area contributed by atoms with Crippen molar-refractivity contribution in [3.8, 4) is 0 Å². The van der Waals surface area contributed by atoms with Gasteiger partial charge in [-0.15, -0.1) is 0 Å². The number of halogens is 1. The maximum atomic E-state index is 11.9. The molecular weight excluding hydrogens is 368 g/mol. The number of ether oxygens (including phenoxy) is 2. The average Bonchev–Trinajstić information content (AvgIpc) is 2.58. The summed E-state index contributed by atoms with van der Waals surface area (Å²) in [6.07, 6.45) is 0.357. The maximum absolute atomic E-state index is 11.9. The molecule has 0 fully saturated rings. The van der Waals surface area contributed by atoms with Crippen molar-refractivity contribution in [2.75, 3.05) is 13.7 Å². The molecule has 0 saturated carbocycles. The molecule has 9 nitrogen and oxygen atoms in total. The van der Waals surface area contributed by atoms with Crippen LogP contribution in [0.25, 0.3) is 0 Å². The van der Waals surface area contributed by atoms with E-state index < -0.39 is 41.1 Å². The minimum Gasteiger partial charge on any atom is -0.467 e.